The first-order valence-corrected chi connectivity index (χ1v) is 11.4. The van der Waals surface area contributed by atoms with Gasteiger partial charge in [0.2, 0.25) is 5.91 Å². The van der Waals surface area contributed by atoms with E-state index in [1.54, 1.807) is 0 Å². The Labute approximate surface area is 173 Å². The summed E-state index contributed by atoms with van der Waals surface area (Å²) in [6.45, 7) is 4.53. The van der Waals surface area contributed by atoms with Crippen molar-refractivity contribution in [3.05, 3.63) is 29.8 Å². The zero-order chi connectivity index (χ0) is 20.2. The van der Waals surface area contributed by atoms with Crippen molar-refractivity contribution < 1.29 is 9.59 Å². The molecular weight excluding hydrogens is 362 g/mol. The molecule has 2 amide bonds. The molecule has 5 heteroatoms. The largest absolute Gasteiger partial charge is 0.362 e. The van der Waals surface area contributed by atoms with Crippen LogP contribution in [0, 0.1) is 23.2 Å². The van der Waals surface area contributed by atoms with Gasteiger partial charge in [0.1, 0.15) is 5.66 Å². The minimum Gasteiger partial charge on any atom is -0.362 e. The van der Waals surface area contributed by atoms with Crippen LogP contribution >= 0.6 is 0 Å². The Morgan fingerprint density at radius 1 is 1.14 bits per heavy atom. The maximum atomic E-state index is 13.3. The van der Waals surface area contributed by atoms with Crippen molar-refractivity contribution in [2.24, 2.45) is 23.2 Å². The van der Waals surface area contributed by atoms with Crippen molar-refractivity contribution in [3.63, 3.8) is 0 Å². The van der Waals surface area contributed by atoms with Crippen LogP contribution in [-0.2, 0) is 4.79 Å². The van der Waals surface area contributed by atoms with Crippen molar-refractivity contribution in [1.82, 2.24) is 10.6 Å². The van der Waals surface area contributed by atoms with E-state index < -0.39 is 5.66 Å². The molecule has 6 atom stereocenters. The van der Waals surface area contributed by atoms with Gasteiger partial charge < -0.3 is 16.0 Å². The number of nitrogens with one attached hydrogen (secondary N) is 3. The third-order valence-corrected chi connectivity index (χ3v) is 8.43. The molecule has 4 aliphatic carbocycles. The van der Waals surface area contributed by atoms with Crippen molar-refractivity contribution in [2.45, 2.75) is 76.9 Å². The normalized spacial score (nSPS) is 40.7. The van der Waals surface area contributed by atoms with Crippen LogP contribution in [0.25, 0.3) is 0 Å². The maximum absolute atomic E-state index is 13.3. The monoisotopic (exact) mass is 395 g/mol. The number of carbonyl (C=O) groups is 2. The van der Waals surface area contributed by atoms with Gasteiger partial charge in [-0.2, -0.15) is 0 Å². The molecule has 1 aromatic carbocycles. The number of hydrogen-bond donors (Lipinski definition) is 3. The summed E-state index contributed by atoms with van der Waals surface area (Å²) >= 11 is 0. The van der Waals surface area contributed by atoms with E-state index >= 15 is 0 Å². The van der Waals surface area contributed by atoms with Crippen molar-refractivity contribution >= 4 is 17.5 Å². The summed E-state index contributed by atoms with van der Waals surface area (Å²) in [6.07, 6.45) is 8.59. The summed E-state index contributed by atoms with van der Waals surface area (Å²) in [5.41, 5.74) is 1.12. The molecule has 0 radical (unpaired) electrons. The number of para-hydroxylation sites is 1. The van der Waals surface area contributed by atoms with E-state index in [9.17, 15) is 9.59 Å². The molecule has 5 nitrogen and oxygen atoms in total. The number of amides is 2. The minimum absolute atomic E-state index is 0.00697. The van der Waals surface area contributed by atoms with Gasteiger partial charge >= 0.3 is 0 Å². The zero-order valence-corrected chi connectivity index (χ0v) is 17.6. The number of hydrogen-bond acceptors (Lipinski definition) is 3. The molecule has 1 aliphatic heterocycles. The second kappa shape index (κ2) is 6.75. The SMILES string of the molecule is C[C@@H]1CCCC[C@H]1NC(=O)[C@H]1C[C@H]2CC[C@@]1(C)C[C@]21NC(=O)c2ccccc2N1. The minimum atomic E-state index is -0.423. The number of carbonyl (C=O) groups excluding carboxylic acids is 2. The van der Waals surface area contributed by atoms with Crippen LogP contribution < -0.4 is 16.0 Å². The number of anilines is 1. The molecule has 1 aromatic rings. The number of rotatable bonds is 2. The zero-order valence-electron chi connectivity index (χ0n) is 17.6. The highest BCUT2D eigenvalue weighted by Crippen LogP contribution is 2.58. The topological polar surface area (TPSA) is 70.2 Å². The molecule has 1 spiro atoms. The summed E-state index contributed by atoms with van der Waals surface area (Å²) in [4.78, 5) is 26.1. The van der Waals surface area contributed by atoms with Gasteiger partial charge in [0.15, 0.2) is 0 Å². The van der Waals surface area contributed by atoms with Crippen LogP contribution in [0.4, 0.5) is 5.69 Å². The first-order chi connectivity index (χ1) is 13.9. The average Bonchev–Trinajstić information content (AvgIpc) is 2.69. The van der Waals surface area contributed by atoms with Crippen LogP contribution in [0.1, 0.15) is 75.6 Å². The summed E-state index contributed by atoms with van der Waals surface area (Å²) < 4.78 is 0. The highest BCUT2D eigenvalue weighted by Gasteiger charge is 2.60. The van der Waals surface area contributed by atoms with Crippen LogP contribution in [0.15, 0.2) is 24.3 Å². The average molecular weight is 396 g/mol. The second-order valence-electron chi connectivity index (χ2n) is 10.3. The summed E-state index contributed by atoms with van der Waals surface area (Å²) in [7, 11) is 0. The fourth-order valence-electron chi connectivity index (χ4n) is 6.67. The second-order valence-corrected chi connectivity index (χ2v) is 10.3. The van der Waals surface area contributed by atoms with Gasteiger partial charge in [-0.25, -0.2) is 0 Å². The van der Waals surface area contributed by atoms with E-state index in [-0.39, 0.29) is 29.1 Å². The Morgan fingerprint density at radius 2 is 1.93 bits per heavy atom. The molecule has 0 unspecified atom stereocenters. The van der Waals surface area contributed by atoms with Gasteiger partial charge in [-0.05, 0) is 62.0 Å². The predicted octanol–water partition coefficient (Wildman–Crippen LogP) is 4.06. The molecule has 5 aliphatic rings. The van der Waals surface area contributed by atoms with Crippen molar-refractivity contribution in [3.8, 4) is 0 Å². The van der Waals surface area contributed by atoms with Crippen molar-refractivity contribution in [1.29, 1.82) is 0 Å². The Hall–Kier alpha value is -2.04. The smallest absolute Gasteiger partial charge is 0.255 e. The van der Waals surface area contributed by atoms with Gasteiger partial charge in [0.05, 0.1) is 5.56 Å². The van der Waals surface area contributed by atoms with Crippen LogP contribution in [0.3, 0.4) is 0 Å². The summed E-state index contributed by atoms with van der Waals surface area (Å²) in [5.74, 6) is 1.14. The molecule has 156 valence electrons. The fourth-order valence-corrected chi connectivity index (χ4v) is 6.67. The Bertz CT molecular complexity index is 839. The van der Waals surface area contributed by atoms with Gasteiger partial charge in [-0.15, -0.1) is 0 Å². The van der Waals surface area contributed by atoms with Crippen molar-refractivity contribution in [2.75, 3.05) is 5.32 Å². The Morgan fingerprint density at radius 3 is 2.72 bits per heavy atom. The number of benzene rings is 1. The lowest BCUT2D eigenvalue weighted by Crippen LogP contribution is -2.70. The lowest BCUT2D eigenvalue weighted by molar-refractivity contribution is -0.140. The van der Waals surface area contributed by atoms with E-state index in [0.29, 0.717) is 17.5 Å². The standard InChI is InChI=1S/C24H33N3O2/c1-15-7-3-5-9-19(15)25-22(29)18-13-16-11-12-23(18,2)14-24(16)26-20-10-6-4-8-17(20)21(28)27-24/h4,6,8,10,15-16,18-19,26H,3,5,7,9,11-14H2,1-2H3,(H,25,29)(H,27,28)/t15-,16-,18-,19-,23+,24+/m1/s1. The summed E-state index contributed by atoms with van der Waals surface area (Å²) in [6, 6.07) is 8.07. The molecule has 3 N–H and O–H groups in total. The molecule has 0 aromatic heterocycles. The van der Waals surface area contributed by atoms with Gasteiger partial charge in [0, 0.05) is 23.6 Å². The lowest BCUT2D eigenvalue weighted by Gasteiger charge is -2.61. The van der Waals surface area contributed by atoms with Gasteiger partial charge in [-0.3, -0.25) is 9.59 Å². The first-order valence-electron chi connectivity index (χ1n) is 11.4. The molecular formula is C24H33N3O2. The molecule has 0 saturated heterocycles. The Balaban J connectivity index is 1.36. The quantitative estimate of drug-likeness (QED) is 0.707. The van der Waals surface area contributed by atoms with E-state index in [0.717, 1.165) is 37.8 Å². The van der Waals surface area contributed by atoms with E-state index in [1.165, 1.54) is 19.3 Å². The predicted molar refractivity (Wildman–Crippen MR) is 113 cm³/mol. The molecule has 1 heterocycles. The van der Waals surface area contributed by atoms with E-state index in [1.807, 2.05) is 24.3 Å². The number of fused-ring (bicyclic) bond motifs is 3. The molecule has 4 saturated carbocycles. The Kier molecular flexibility index (Phi) is 4.41. The molecule has 4 fully saturated rings. The third kappa shape index (κ3) is 3.04. The summed E-state index contributed by atoms with van der Waals surface area (Å²) in [5, 5.41) is 10.4. The van der Waals surface area contributed by atoms with Crippen LogP contribution in [-0.4, -0.2) is 23.5 Å². The van der Waals surface area contributed by atoms with Crippen LogP contribution in [0.2, 0.25) is 0 Å². The molecule has 2 bridgehead atoms. The van der Waals surface area contributed by atoms with E-state index in [4.69, 9.17) is 0 Å². The fraction of sp³-hybridized carbons (Fsp3) is 0.667. The van der Waals surface area contributed by atoms with E-state index in [2.05, 4.69) is 29.8 Å². The highest BCUT2D eigenvalue weighted by molar-refractivity contribution is 6.02. The third-order valence-electron chi connectivity index (χ3n) is 8.43. The van der Waals surface area contributed by atoms with Gasteiger partial charge in [-0.1, -0.05) is 38.8 Å². The highest BCUT2D eigenvalue weighted by atomic mass is 16.2. The van der Waals surface area contributed by atoms with Gasteiger partial charge in [0.25, 0.3) is 5.91 Å². The maximum Gasteiger partial charge on any atom is 0.255 e. The molecule has 29 heavy (non-hydrogen) atoms. The lowest BCUT2D eigenvalue weighted by atomic mass is 9.51. The first kappa shape index (κ1) is 19.0. The molecule has 6 rings (SSSR count). The van der Waals surface area contributed by atoms with Crippen LogP contribution in [0.5, 0.6) is 0 Å².